The molecule has 7 heteroatoms. The zero-order valence-corrected chi connectivity index (χ0v) is 12.3. The van der Waals surface area contributed by atoms with Crippen LogP contribution in [0, 0.1) is 6.92 Å². The number of aromatic nitrogens is 1. The van der Waals surface area contributed by atoms with Gasteiger partial charge in [0, 0.05) is 25.7 Å². The molecule has 0 unspecified atom stereocenters. The molecule has 6 nitrogen and oxygen atoms in total. The van der Waals surface area contributed by atoms with Crippen molar-refractivity contribution in [2.75, 3.05) is 19.6 Å². The van der Waals surface area contributed by atoms with Crippen molar-refractivity contribution in [3.05, 3.63) is 16.1 Å². The van der Waals surface area contributed by atoms with Gasteiger partial charge in [0.25, 0.3) is 5.91 Å². The molecule has 0 aromatic carbocycles. The molecule has 0 saturated carbocycles. The lowest BCUT2D eigenvalue weighted by Gasteiger charge is -2.31. The lowest BCUT2D eigenvalue weighted by molar-refractivity contribution is -0.137. The molecule has 2 heterocycles. The van der Waals surface area contributed by atoms with E-state index in [-0.39, 0.29) is 18.4 Å². The number of carboxylic acid groups (broad SMARTS) is 1. The number of amides is 1. The molecule has 1 fully saturated rings. The molecule has 1 amide bonds. The summed E-state index contributed by atoms with van der Waals surface area (Å²) < 4.78 is 0. The van der Waals surface area contributed by atoms with Crippen LogP contribution in [-0.2, 0) is 4.79 Å². The maximum Gasteiger partial charge on any atom is 0.304 e. The lowest BCUT2D eigenvalue weighted by atomic mass is 10.0. The van der Waals surface area contributed by atoms with Gasteiger partial charge in [-0.1, -0.05) is 0 Å². The van der Waals surface area contributed by atoms with E-state index < -0.39 is 5.97 Å². The highest BCUT2D eigenvalue weighted by atomic mass is 32.1. The van der Waals surface area contributed by atoms with Crippen LogP contribution in [0.3, 0.4) is 0 Å². The third-order valence-electron chi connectivity index (χ3n) is 3.52. The number of carbonyl (C=O) groups is 2. The molecule has 1 aliphatic rings. The van der Waals surface area contributed by atoms with E-state index >= 15 is 0 Å². The Labute approximate surface area is 121 Å². The fourth-order valence-corrected chi connectivity index (χ4v) is 3.03. The van der Waals surface area contributed by atoms with Crippen molar-refractivity contribution < 1.29 is 14.7 Å². The second-order valence-corrected chi connectivity index (χ2v) is 5.85. The van der Waals surface area contributed by atoms with Crippen LogP contribution in [0.1, 0.15) is 34.6 Å². The first-order valence-electron chi connectivity index (χ1n) is 6.71. The normalized spacial score (nSPS) is 17.1. The zero-order chi connectivity index (χ0) is 14.5. The van der Waals surface area contributed by atoms with E-state index in [0.717, 1.165) is 31.6 Å². The van der Waals surface area contributed by atoms with E-state index in [1.165, 1.54) is 11.3 Å². The number of carboxylic acids is 1. The minimum absolute atomic E-state index is 0.0472. The van der Waals surface area contributed by atoms with Crippen LogP contribution >= 0.6 is 11.3 Å². The molecule has 1 aliphatic heterocycles. The van der Waals surface area contributed by atoms with E-state index in [9.17, 15) is 9.59 Å². The Morgan fingerprint density at radius 2 is 2.20 bits per heavy atom. The first-order chi connectivity index (χ1) is 9.56. The van der Waals surface area contributed by atoms with Crippen molar-refractivity contribution in [2.45, 2.75) is 32.2 Å². The van der Waals surface area contributed by atoms with E-state index in [2.05, 4.69) is 15.2 Å². The summed E-state index contributed by atoms with van der Waals surface area (Å²) in [4.78, 5) is 29.5. The smallest absolute Gasteiger partial charge is 0.304 e. The van der Waals surface area contributed by atoms with Gasteiger partial charge in [0.05, 0.1) is 17.6 Å². The average molecular weight is 297 g/mol. The summed E-state index contributed by atoms with van der Waals surface area (Å²) in [5.41, 5.74) is 2.45. The molecule has 0 spiro atoms. The summed E-state index contributed by atoms with van der Waals surface area (Å²) in [6, 6.07) is 0.171. The number of piperidine rings is 1. The number of aliphatic carboxylic acids is 1. The van der Waals surface area contributed by atoms with Crippen LogP contribution in [0.15, 0.2) is 5.51 Å². The number of carbonyl (C=O) groups excluding carboxylic acids is 1. The number of aryl methyl sites for hydroxylation is 1. The monoisotopic (exact) mass is 297 g/mol. The molecule has 1 saturated heterocycles. The number of nitrogens with one attached hydrogen (secondary N) is 1. The van der Waals surface area contributed by atoms with Crippen LogP contribution in [-0.4, -0.2) is 52.5 Å². The fraction of sp³-hybridized carbons (Fsp3) is 0.615. The van der Waals surface area contributed by atoms with Gasteiger partial charge >= 0.3 is 5.97 Å². The lowest BCUT2D eigenvalue weighted by Crippen LogP contribution is -2.45. The van der Waals surface area contributed by atoms with E-state index in [1.54, 1.807) is 5.51 Å². The van der Waals surface area contributed by atoms with E-state index in [0.29, 0.717) is 11.4 Å². The van der Waals surface area contributed by atoms with Gasteiger partial charge < -0.3 is 15.3 Å². The number of rotatable bonds is 5. The van der Waals surface area contributed by atoms with Crippen LogP contribution in [0.2, 0.25) is 0 Å². The summed E-state index contributed by atoms with van der Waals surface area (Å²) in [7, 11) is 0. The minimum atomic E-state index is -0.763. The standard InChI is InChI=1S/C13H19N3O3S/c1-9-12(20-8-14-9)13(19)15-10-2-5-16(6-3-10)7-4-11(17)18/h8,10H,2-7H2,1H3,(H,15,19)(H,17,18). The maximum atomic E-state index is 12.1. The number of likely N-dealkylation sites (tertiary alicyclic amines) is 1. The molecule has 2 rings (SSSR count). The van der Waals surface area contributed by atoms with Crippen LogP contribution < -0.4 is 5.32 Å². The van der Waals surface area contributed by atoms with Crippen LogP contribution in [0.4, 0.5) is 0 Å². The molecule has 20 heavy (non-hydrogen) atoms. The van der Waals surface area contributed by atoms with Crippen molar-refractivity contribution >= 4 is 23.2 Å². The molecular weight excluding hydrogens is 278 g/mol. The molecule has 0 atom stereocenters. The Morgan fingerprint density at radius 1 is 1.50 bits per heavy atom. The first kappa shape index (κ1) is 14.9. The van der Waals surface area contributed by atoms with Crippen molar-refractivity contribution in [1.82, 2.24) is 15.2 Å². The third kappa shape index (κ3) is 4.01. The van der Waals surface area contributed by atoms with E-state index in [4.69, 9.17) is 5.11 Å². The van der Waals surface area contributed by atoms with Gasteiger partial charge in [0.15, 0.2) is 0 Å². The van der Waals surface area contributed by atoms with Gasteiger partial charge in [0.2, 0.25) is 0 Å². The molecule has 1 aromatic rings. The quantitative estimate of drug-likeness (QED) is 0.851. The predicted molar refractivity (Wildman–Crippen MR) is 76.0 cm³/mol. The SMILES string of the molecule is Cc1ncsc1C(=O)NC1CCN(CCC(=O)O)CC1. The second kappa shape index (κ2) is 6.81. The summed E-state index contributed by atoms with van der Waals surface area (Å²) >= 11 is 1.36. The van der Waals surface area contributed by atoms with Crippen LogP contribution in [0.5, 0.6) is 0 Å². The predicted octanol–water partition coefficient (Wildman–Crippen LogP) is 1.12. The Bertz CT molecular complexity index is 481. The maximum absolute atomic E-state index is 12.1. The minimum Gasteiger partial charge on any atom is -0.481 e. The molecule has 1 aromatic heterocycles. The van der Waals surface area contributed by atoms with Gasteiger partial charge in [0.1, 0.15) is 4.88 Å². The zero-order valence-electron chi connectivity index (χ0n) is 11.5. The molecule has 0 radical (unpaired) electrons. The van der Waals surface area contributed by atoms with Gasteiger partial charge in [-0.05, 0) is 19.8 Å². The molecule has 2 N–H and O–H groups in total. The van der Waals surface area contributed by atoms with Crippen LogP contribution in [0.25, 0.3) is 0 Å². The molecule has 0 bridgehead atoms. The molecular formula is C13H19N3O3S. The Morgan fingerprint density at radius 3 is 2.75 bits per heavy atom. The van der Waals surface area contributed by atoms with Gasteiger partial charge in [-0.3, -0.25) is 9.59 Å². The second-order valence-electron chi connectivity index (χ2n) is 5.00. The van der Waals surface area contributed by atoms with Gasteiger partial charge in [-0.15, -0.1) is 11.3 Å². The fourth-order valence-electron chi connectivity index (χ4n) is 2.33. The topological polar surface area (TPSA) is 82.5 Å². The summed E-state index contributed by atoms with van der Waals surface area (Å²) in [6.45, 7) is 4.09. The highest BCUT2D eigenvalue weighted by Crippen LogP contribution is 2.15. The number of nitrogens with zero attached hydrogens (tertiary/aromatic N) is 2. The summed E-state index contributed by atoms with van der Waals surface area (Å²) in [6.07, 6.45) is 1.91. The van der Waals surface area contributed by atoms with Gasteiger partial charge in [-0.2, -0.15) is 0 Å². The first-order valence-corrected chi connectivity index (χ1v) is 7.59. The number of hydrogen-bond acceptors (Lipinski definition) is 5. The summed E-state index contributed by atoms with van der Waals surface area (Å²) in [5, 5.41) is 11.7. The van der Waals surface area contributed by atoms with Crippen molar-refractivity contribution in [2.24, 2.45) is 0 Å². The largest absolute Gasteiger partial charge is 0.481 e. The Hall–Kier alpha value is -1.47. The highest BCUT2D eigenvalue weighted by Gasteiger charge is 2.22. The highest BCUT2D eigenvalue weighted by molar-refractivity contribution is 7.11. The van der Waals surface area contributed by atoms with Crippen molar-refractivity contribution in [3.8, 4) is 0 Å². The van der Waals surface area contributed by atoms with E-state index in [1.807, 2.05) is 6.92 Å². The van der Waals surface area contributed by atoms with Crippen molar-refractivity contribution in [1.29, 1.82) is 0 Å². The molecule has 0 aliphatic carbocycles. The summed E-state index contributed by atoms with van der Waals surface area (Å²) in [5.74, 6) is -0.810. The number of thiazole rings is 1. The van der Waals surface area contributed by atoms with Crippen molar-refractivity contribution in [3.63, 3.8) is 0 Å². The van der Waals surface area contributed by atoms with Gasteiger partial charge in [-0.25, -0.2) is 4.98 Å². The molecule has 110 valence electrons. The Kier molecular flexibility index (Phi) is 5.08. The average Bonchev–Trinajstić information content (AvgIpc) is 2.84. The third-order valence-corrected chi connectivity index (χ3v) is 4.44. The Balaban J connectivity index is 1.76. The number of hydrogen-bond donors (Lipinski definition) is 2.